The van der Waals surface area contributed by atoms with Gasteiger partial charge < -0.3 is 9.73 Å². The van der Waals surface area contributed by atoms with Crippen LogP contribution in [-0.2, 0) is 0 Å². The third kappa shape index (κ3) is 2.44. The van der Waals surface area contributed by atoms with Crippen molar-refractivity contribution in [2.75, 3.05) is 5.32 Å². The normalized spacial score (nSPS) is 11.1. The summed E-state index contributed by atoms with van der Waals surface area (Å²) in [6.45, 7) is 0. The van der Waals surface area contributed by atoms with Crippen molar-refractivity contribution in [2.45, 2.75) is 0 Å². The smallest absolute Gasteiger partial charge is 0.158 e. The van der Waals surface area contributed by atoms with Crippen molar-refractivity contribution in [1.29, 1.82) is 0 Å². The average molecular weight is 335 g/mol. The number of rotatable bonds is 3. The lowest BCUT2D eigenvalue weighted by Gasteiger charge is -2.06. The second kappa shape index (κ2) is 6.08. The lowest BCUT2D eigenvalue weighted by molar-refractivity contribution is 0.671. The van der Waals surface area contributed by atoms with Gasteiger partial charge in [-0.25, -0.2) is 0 Å². The first-order chi connectivity index (χ1) is 12.9. The van der Waals surface area contributed by atoms with Gasteiger partial charge in [-0.05, 0) is 23.8 Å². The maximum Gasteiger partial charge on any atom is 0.158 e. The van der Waals surface area contributed by atoms with Crippen molar-refractivity contribution in [2.24, 2.45) is 0 Å². The van der Waals surface area contributed by atoms with E-state index in [-0.39, 0.29) is 0 Å². The molecule has 0 unspecified atom stereocenters. The first-order valence-corrected chi connectivity index (χ1v) is 8.72. The Balaban J connectivity index is 1.73. The molecule has 1 heterocycles. The Bertz CT molecular complexity index is 1190. The lowest BCUT2D eigenvalue weighted by Crippen LogP contribution is -1.89. The van der Waals surface area contributed by atoms with E-state index in [1.807, 2.05) is 24.3 Å². The molecule has 0 aliphatic carbocycles. The molecule has 0 atom stereocenters. The van der Waals surface area contributed by atoms with Gasteiger partial charge in [0.1, 0.15) is 5.58 Å². The Morgan fingerprint density at radius 2 is 1.19 bits per heavy atom. The molecule has 26 heavy (non-hydrogen) atoms. The standard InChI is InChI=1S/C24H17NO/c1-3-9-17(10-4-1)19-13-7-14-20-21-15-8-16-22(24(21)26-23(19)20)25-18-11-5-2-6-12-18/h1-16,25H. The quantitative estimate of drug-likeness (QED) is 0.384. The number of benzene rings is 4. The molecule has 2 heteroatoms. The summed E-state index contributed by atoms with van der Waals surface area (Å²) in [5.41, 5.74) is 6.11. The van der Waals surface area contributed by atoms with Crippen LogP contribution in [0.1, 0.15) is 0 Å². The van der Waals surface area contributed by atoms with Crippen LogP contribution in [0.3, 0.4) is 0 Å². The van der Waals surface area contributed by atoms with E-state index in [0.29, 0.717) is 0 Å². The molecule has 0 bridgehead atoms. The largest absolute Gasteiger partial charge is 0.453 e. The molecule has 0 saturated carbocycles. The van der Waals surface area contributed by atoms with Gasteiger partial charge in [-0.15, -0.1) is 0 Å². The highest BCUT2D eigenvalue weighted by Gasteiger charge is 2.14. The van der Waals surface area contributed by atoms with Gasteiger partial charge in [-0.1, -0.05) is 78.9 Å². The number of hydrogen-bond donors (Lipinski definition) is 1. The predicted octanol–water partition coefficient (Wildman–Crippen LogP) is 7.00. The molecule has 0 radical (unpaired) electrons. The fraction of sp³-hybridized carbons (Fsp3) is 0. The van der Waals surface area contributed by atoms with Crippen LogP contribution in [0.4, 0.5) is 11.4 Å². The zero-order valence-electron chi connectivity index (χ0n) is 14.1. The van der Waals surface area contributed by atoms with Gasteiger partial charge >= 0.3 is 0 Å². The highest BCUT2D eigenvalue weighted by atomic mass is 16.3. The number of para-hydroxylation sites is 3. The number of fused-ring (bicyclic) bond motifs is 3. The highest BCUT2D eigenvalue weighted by Crippen LogP contribution is 2.38. The summed E-state index contributed by atoms with van der Waals surface area (Å²) in [7, 11) is 0. The maximum absolute atomic E-state index is 6.38. The summed E-state index contributed by atoms with van der Waals surface area (Å²) in [5, 5.41) is 5.73. The Morgan fingerprint density at radius 1 is 0.538 bits per heavy atom. The van der Waals surface area contributed by atoms with Gasteiger partial charge in [-0.2, -0.15) is 0 Å². The van der Waals surface area contributed by atoms with Crippen LogP contribution in [0.5, 0.6) is 0 Å². The third-order valence-corrected chi connectivity index (χ3v) is 4.66. The number of nitrogens with one attached hydrogen (secondary N) is 1. The first-order valence-electron chi connectivity index (χ1n) is 8.72. The van der Waals surface area contributed by atoms with E-state index in [1.165, 1.54) is 0 Å². The summed E-state index contributed by atoms with van der Waals surface area (Å²) in [5.74, 6) is 0. The molecule has 0 aliphatic rings. The van der Waals surface area contributed by atoms with Crippen LogP contribution in [-0.4, -0.2) is 0 Å². The Hall–Kier alpha value is -3.52. The van der Waals surface area contributed by atoms with Gasteiger partial charge in [0.05, 0.1) is 5.69 Å². The van der Waals surface area contributed by atoms with Crippen molar-refractivity contribution in [3.63, 3.8) is 0 Å². The van der Waals surface area contributed by atoms with E-state index in [9.17, 15) is 0 Å². The summed E-state index contributed by atoms with van der Waals surface area (Å²) in [6, 6.07) is 33.1. The van der Waals surface area contributed by atoms with E-state index in [2.05, 4.69) is 78.1 Å². The Kier molecular flexibility index (Phi) is 3.46. The molecule has 5 aromatic rings. The molecule has 2 nitrogen and oxygen atoms in total. The second-order valence-electron chi connectivity index (χ2n) is 6.32. The topological polar surface area (TPSA) is 25.2 Å². The molecule has 0 amide bonds. The number of anilines is 2. The summed E-state index contributed by atoms with van der Waals surface area (Å²) in [6.07, 6.45) is 0. The average Bonchev–Trinajstić information content (AvgIpc) is 3.09. The Labute approximate surface area is 151 Å². The van der Waals surface area contributed by atoms with E-state index < -0.39 is 0 Å². The first kappa shape index (κ1) is 14.8. The van der Waals surface area contributed by atoms with Crippen LogP contribution in [0.15, 0.2) is 101 Å². The van der Waals surface area contributed by atoms with E-state index in [1.54, 1.807) is 0 Å². The van der Waals surface area contributed by atoms with Gasteiger partial charge in [0.2, 0.25) is 0 Å². The van der Waals surface area contributed by atoms with E-state index in [4.69, 9.17) is 4.42 Å². The SMILES string of the molecule is c1ccc(Nc2cccc3c2oc2c(-c4ccccc4)cccc23)cc1. The molecular weight excluding hydrogens is 318 g/mol. The fourth-order valence-corrected chi connectivity index (χ4v) is 3.44. The van der Waals surface area contributed by atoms with Crippen molar-refractivity contribution in [3.05, 3.63) is 97.1 Å². The predicted molar refractivity (Wildman–Crippen MR) is 109 cm³/mol. The van der Waals surface area contributed by atoms with Crippen molar-refractivity contribution < 1.29 is 4.42 Å². The van der Waals surface area contributed by atoms with Gasteiger partial charge in [0.25, 0.3) is 0 Å². The third-order valence-electron chi connectivity index (χ3n) is 4.66. The van der Waals surface area contributed by atoms with Gasteiger partial charge in [-0.3, -0.25) is 0 Å². The van der Waals surface area contributed by atoms with E-state index >= 15 is 0 Å². The molecule has 0 aliphatic heterocycles. The molecule has 0 fully saturated rings. The molecule has 5 rings (SSSR count). The lowest BCUT2D eigenvalue weighted by atomic mass is 10.0. The van der Waals surface area contributed by atoms with Crippen molar-refractivity contribution in [3.8, 4) is 11.1 Å². The molecule has 4 aromatic carbocycles. The number of furan rings is 1. The molecule has 124 valence electrons. The Morgan fingerprint density at radius 3 is 1.96 bits per heavy atom. The molecular formula is C24H17NO. The highest BCUT2D eigenvalue weighted by molar-refractivity contribution is 6.12. The van der Waals surface area contributed by atoms with Gasteiger partial charge in [0, 0.05) is 22.0 Å². The van der Waals surface area contributed by atoms with E-state index in [0.717, 1.165) is 44.4 Å². The van der Waals surface area contributed by atoms with Crippen LogP contribution in [0.25, 0.3) is 33.1 Å². The fourth-order valence-electron chi connectivity index (χ4n) is 3.44. The minimum absolute atomic E-state index is 0.884. The summed E-state index contributed by atoms with van der Waals surface area (Å²) < 4.78 is 6.38. The summed E-state index contributed by atoms with van der Waals surface area (Å²) in [4.78, 5) is 0. The number of hydrogen-bond acceptors (Lipinski definition) is 2. The molecule has 0 spiro atoms. The van der Waals surface area contributed by atoms with Crippen LogP contribution >= 0.6 is 0 Å². The molecule has 1 N–H and O–H groups in total. The minimum Gasteiger partial charge on any atom is -0.453 e. The second-order valence-corrected chi connectivity index (χ2v) is 6.32. The summed E-state index contributed by atoms with van der Waals surface area (Å²) >= 11 is 0. The molecule has 0 saturated heterocycles. The molecule has 1 aromatic heterocycles. The van der Waals surface area contributed by atoms with Crippen molar-refractivity contribution >= 4 is 33.3 Å². The minimum atomic E-state index is 0.884. The monoisotopic (exact) mass is 335 g/mol. The zero-order valence-corrected chi connectivity index (χ0v) is 14.1. The van der Waals surface area contributed by atoms with Crippen LogP contribution in [0, 0.1) is 0 Å². The zero-order chi connectivity index (χ0) is 17.3. The van der Waals surface area contributed by atoms with Gasteiger partial charge in [0.15, 0.2) is 5.58 Å². The van der Waals surface area contributed by atoms with Crippen LogP contribution in [0.2, 0.25) is 0 Å². The maximum atomic E-state index is 6.38. The van der Waals surface area contributed by atoms with Crippen LogP contribution < -0.4 is 5.32 Å². The van der Waals surface area contributed by atoms with Crippen molar-refractivity contribution in [1.82, 2.24) is 0 Å².